The van der Waals surface area contributed by atoms with E-state index in [9.17, 15) is 13.9 Å². The summed E-state index contributed by atoms with van der Waals surface area (Å²) in [5.41, 5.74) is -0.251. The highest BCUT2D eigenvalue weighted by Gasteiger charge is 2.45. The van der Waals surface area contributed by atoms with Gasteiger partial charge in [0, 0.05) is 30.6 Å². The van der Waals surface area contributed by atoms with E-state index in [1.165, 1.54) is 30.5 Å². The Bertz CT molecular complexity index is 1750. The van der Waals surface area contributed by atoms with Crippen LogP contribution in [0.25, 0.3) is 32.9 Å². The topological polar surface area (TPSA) is 74.6 Å². The molecule has 2 saturated heterocycles. The van der Waals surface area contributed by atoms with E-state index in [2.05, 4.69) is 25.8 Å². The molecule has 10 heteroatoms. The lowest BCUT2D eigenvalue weighted by Gasteiger charge is -2.31. The second kappa shape index (κ2) is 9.48. The molecule has 41 heavy (non-hydrogen) atoms. The number of nitrogens with zero attached hydrogens (tertiary/aromatic N) is 5. The molecule has 1 N–H and O–H groups in total. The standard InChI is InChI=1S/C31H28F3N5O2/c1-3-19-22(32)7-6-17-12-18(40)13-20(25(17)19)27-26(34)28-21(15-35-27)29(38(2)24-14-23(24)33)37-30(36-28)41-16-31-8-4-10-39(31)11-5-9-31/h1,6-7,12-13,15,23-24,40H,4-5,8-11,14,16H2,2H3/t23?,24-/m0/s1. The highest BCUT2D eigenvalue weighted by Crippen LogP contribution is 2.42. The molecule has 1 unspecified atom stereocenters. The van der Waals surface area contributed by atoms with Crippen molar-refractivity contribution in [3.63, 3.8) is 0 Å². The molecule has 210 valence electrons. The smallest absolute Gasteiger partial charge is 0.319 e. The first kappa shape index (κ1) is 25.8. The first-order chi connectivity index (χ1) is 19.8. The van der Waals surface area contributed by atoms with Gasteiger partial charge in [0.1, 0.15) is 41.4 Å². The number of terminal acetylenes is 1. The SMILES string of the molecule is C#Cc1c(F)ccc2cc(O)cc(-c3ncc4c(N(C)[C@H]5CC5F)nc(OCC56CCCN5CCC6)nc4c3F)c12. The molecule has 0 spiro atoms. The first-order valence-corrected chi connectivity index (χ1v) is 13.8. The quantitative estimate of drug-likeness (QED) is 0.319. The minimum Gasteiger partial charge on any atom is -0.508 e. The van der Waals surface area contributed by atoms with Crippen LogP contribution in [0.5, 0.6) is 11.8 Å². The Kier molecular flexibility index (Phi) is 5.98. The number of alkyl halides is 1. The van der Waals surface area contributed by atoms with Crippen LogP contribution < -0.4 is 9.64 Å². The summed E-state index contributed by atoms with van der Waals surface area (Å²) in [4.78, 5) is 17.6. The molecule has 7 nitrogen and oxygen atoms in total. The van der Waals surface area contributed by atoms with Crippen molar-refractivity contribution >= 4 is 27.5 Å². The van der Waals surface area contributed by atoms with Crippen molar-refractivity contribution in [3.8, 4) is 35.4 Å². The fraction of sp³-hybridized carbons (Fsp3) is 0.387. The summed E-state index contributed by atoms with van der Waals surface area (Å²) in [5, 5.41) is 11.4. The minimum atomic E-state index is -1.01. The van der Waals surface area contributed by atoms with E-state index in [1.54, 1.807) is 11.9 Å². The summed E-state index contributed by atoms with van der Waals surface area (Å²) < 4.78 is 51.4. The Morgan fingerprint density at radius 3 is 2.66 bits per heavy atom. The van der Waals surface area contributed by atoms with Gasteiger partial charge in [-0.3, -0.25) is 9.88 Å². The average molecular weight is 560 g/mol. The maximum absolute atomic E-state index is 16.5. The summed E-state index contributed by atoms with van der Waals surface area (Å²) in [6.07, 6.45) is 10.6. The van der Waals surface area contributed by atoms with Gasteiger partial charge in [-0.25, -0.2) is 13.2 Å². The van der Waals surface area contributed by atoms with Gasteiger partial charge >= 0.3 is 6.01 Å². The molecule has 0 bridgehead atoms. The van der Waals surface area contributed by atoms with Crippen molar-refractivity contribution in [1.29, 1.82) is 0 Å². The normalized spacial score (nSPS) is 21.2. The van der Waals surface area contributed by atoms with Crippen LogP contribution in [-0.4, -0.2) is 69.5 Å². The van der Waals surface area contributed by atoms with E-state index >= 15 is 4.39 Å². The Morgan fingerprint density at radius 2 is 1.95 bits per heavy atom. The van der Waals surface area contributed by atoms with Gasteiger partial charge in [0.05, 0.1) is 22.5 Å². The molecule has 1 aliphatic carbocycles. The van der Waals surface area contributed by atoms with Crippen molar-refractivity contribution in [1.82, 2.24) is 19.9 Å². The average Bonchev–Trinajstić information content (AvgIpc) is 3.36. The van der Waals surface area contributed by atoms with Gasteiger partial charge in [0.2, 0.25) is 0 Å². The van der Waals surface area contributed by atoms with E-state index in [0.717, 1.165) is 38.8 Å². The predicted octanol–water partition coefficient (Wildman–Crippen LogP) is 5.36. The van der Waals surface area contributed by atoms with E-state index in [4.69, 9.17) is 11.2 Å². The maximum atomic E-state index is 16.5. The second-order valence-corrected chi connectivity index (χ2v) is 11.3. The lowest BCUT2D eigenvalue weighted by Crippen LogP contribution is -2.43. The molecule has 4 heterocycles. The van der Waals surface area contributed by atoms with Gasteiger partial charge in [-0.05, 0) is 62.4 Å². The van der Waals surface area contributed by atoms with Crippen LogP contribution >= 0.6 is 0 Å². The number of halogens is 3. The number of benzene rings is 2. The molecule has 2 aromatic heterocycles. The zero-order valence-corrected chi connectivity index (χ0v) is 22.5. The van der Waals surface area contributed by atoms with Gasteiger partial charge in [-0.1, -0.05) is 12.0 Å². The lowest BCUT2D eigenvalue weighted by atomic mass is 9.95. The third-order valence-corrected chi connectivity index (χ3v) is 8.89. The van der Waals surface area contributed by atoms with Gasteiger partial charge in [-0.2, -0.15) is 9.97 Å². The van der Waals surface area contributed by atoms with Crippen LogP contribution in [0.15, 0.2) is 30.5 Å². The Hall–Kier alpha value is -4.10. The number of aromatic nitrogens is 3. The van der Waals surface area contributed by atoms with Crippen LogP contribution in [0.3, 0.4) is 0 Å². The molecule has 0 amide bonds. The Labute approximate surface area is 235 Å². The number of ether oxygens (including phenoxy) is 1. The number of rotatable bonds is 6. The number of hydrogen-bond donors (Lipinski definition) is 1. The van der Waals surface area contributed by atoms with Crippen LogP contribution in [0.4, 0.5) is 19.0 Å². The summed E-state index contributed by atoms with van der Waals surface area (Å²) in [6.45, 7) is 2.42. The van der Waals surface area contributed by atoms with Crippen molar-refractivity contribution in [3.05, 3.63) is 47.7 Å². The number of hydrogen-bond acceptors (Lipinski definition) is 7. The molecule has 1 saturated carbocycles. The first-order valence-electron chi connectivity index (χ1n) is 13.8. The van der Waals surface area contributed by atoms with Crippen LogP contribution in [0, 0.1) is 24.0 Å². The molecule has 3 aliphatic rings. The molecular weight excluding hydrogens is 531 g/mol. The van der Waals surface area contributed by atoms with E-state index in [1.807, 2.05) is 0 Å². The Balaban J connectivity index is 1.39. The zero-order chi connectivity index (χ0) is 28.5. The van der Waals surface area contributed by atoms with Gasteiger partial charge in [0.25, 0.3) is 0 Å². The van der Waals surface area contributed by atoms with Crippen molar-refractivity contribution in [2.75, 3.05) is 31.6 Å². The van der Waals surface area contributed by atoms with Crippen molar-refractivity contribution in [2.24, 2.45) is 0 Å². The Morgan fingerprint density at radius 1 is 1.20 bits per heavy atom. The summed E-state index contributed by atoms with van der Waals surface area (Å²) in [6, 6.07) is 5.00. The molecule has 7 rings (SSSR count). The number of phenolic OH excluding ortho intramolecular Hbond substituents is 1. The molecule has 4 aromatic rings. The number of anilines is 1. The number of aromatic hydroxyl groups is 1. The summed E-state index contributed by atoms with van der Waals surface area (Å²) in [7, 11) is 1.71. The molecule has 3 fully saturated rings. The van der Waals surface area contributed by atoms with Crippen molar-refractivity contribution < 1.29 is 23.0 Å². The number of pyridine rings is 1. The molecular formula is C31H28F3N5O2. The van der Waals surface area contributed by atoms with Crippen molar-refractivity contribution in [2.45, 2.75) is 49.9 Å². The lowest BCUT2D eigenvalue weighted by molar-refractivity contribution is 0.108. The maximum Gasteiger partial charge on any atom is 0.319 e. The van der Waals surface area contributed by atoms with Gasteiger partial charge < -0.3 is 14.7 Å². The molecule has 0 radical (unpaired) electrons. The summed E-state index contributed by atoms with van der Waals surface area (Å²) >= 11 is 0. The highest BCUT2D eigenvalue weighted by molar-refractivity contribution is 6.03. The number of phenols is 1. The van der Waals surface area contributed by atoms with Crippen LogP contribution in [-0.2, 0) is 0 Å². The van der Waals surface area contributed by atoms with Crippen LogP contribution in [0.2, 0.25) is 0 Å². The predicted molar refractivity (Wildman–Crippen MR) is 150 cm³/mol. The van der Waals surface area contributed by atoms with E-state index in [-0.39, 0.29) is 50.4 Å². The van der Waals surface area contributed by atoms with E-state index < -0.39 is 23.8 Å². The largest absolute Gasteiger partial charge is 0.508 e. The highest BCUT2D eigenvalue weighted by atomic mass is 19.1. The van der Waals surface area contributed by atoms with Crippen LogP contribution in [0.1, 0.15) is 37.7 Å². The van der Waals surface area contributed by atoms with Gasteiger partial charge in [-0.15, -0.1) is 6.42 Å². The second-order valence-electron chi connectivity index (χ2n) is 11.3. The molecule has 2 aliphatic heterocycles. The van der Waals surface area contributed by atoms with E-state index in [0.29, 0.717) is 24.2 Å². The third-order valence-electron chi connectivity index (χ3n) is 8.89. The number of fused-ring (bicyclic) bond motifs is 3. The minimum absolute atomic E-state index is 0.00397. The van der Waals surface area contributed by atoms with Gasteiger partial charge in [0.15, 0.2) is 5.82 Å². The fourth-order valence-electron chi connectivity index (χ4n) is 6.67. The fourth-order valence-corrected chi connectivity index (χ4v) is 6.67. The molecule has 2 aromatic carbocycles. The third kappa shape index (κ3) is 4.13. The summed E-state index contributed by atoms with van der Waals surface area (Å²) in [5.74, 6) is 1.05. The monoisotopic (exact) mass is 559 g/mol. The zero-order valence-electron chi connectivity index (χ0n) is 22.5. The molecule has 2 atom stereocenters.